The van der Waals surface area contributed by atoms with E-state index < -0.39 is 5.97 Å². The Kier molecular flexibility index (Phi) is 4.75. The number of carboxylic acid groups (broad SMARTS) is 1. The quantitative estimate of drug-likeness (QED) is 0.734. The van der Waals surface area contributed by atoms with E-state index in [1.54, 1.807) is 23.9 Å². The lowest BCUT2D eigenvalue weighted by molar-refractivity contribution is 0.0696. The average Bonchev–Trinajstić information content (AvgIpc) is 2.91. The number of nitrogens with zero attached hydrogens (tertiary/aromatic N) is 2. The molecule has 2 aromatic carbocycles. The molecule has 0 aliphatic carbocycles. The standard InChI is InChI=1S/C20H21N3O3/c1-12(2)10-14-11-13(20(25)26)8-9-16(14)21-19(24)18-15-6-4-5-7-17(15)22-23(18)3/h4-9,11-12H,10H2,1-3H3,(H,21,24)(H,25,26). The van der Waals surface area contributed by atoms with Crippen LogP contribution in [0.2, 0.25) is 0 Å². The Bertz CT molecular complexity index is 989. The van der Waals surface area contributed by atoms with Crippen molar-refractivity contribution in [3.63, 3.8) is 0 Å². The normalized spacial score (nSPS) is 11.1. The zero-order valence-corrected chi connectivity index (χ0v) is 15.0. The number of aromatic nitrogens is 2. The first-order valence-electron chi connectivity index (χ1n) is 8.46. The summed E-state index contributed by atoms with van der Waals surface area (Å²) in [7, 11) is 1.73. The lowest BCUT2D eigenvalue weighted by Gasteiger charge is -2.14. The Hall–Kier alpha value is -3.15. The fourth-order valence-electron chi connectivity index (χ4n) is 3.06. The number of fused-ring (bicyclic) bond motifs is 1. The first-order valence-corrected chi connectivity index (χ1v) is 8.46. The van der Waals surface area contributed by atoms with Crippen LogP contribution in [0.3, 0.4) is 0 Å². The molecular formula is C20H21N3O3. The highest BCUT2D eigenvalue weighted by molar-refractivity contribution is 6.11. The molecule has 0 spiro atoms. The Morgan fingerprint density at radius 2 is 1.92 bits per heavy atom. The van der Waals surface area contributed by atoms with Crippen LogP contribution in [-0.2, 0) is 13.5 Å². The van der Waals surface area contributed by atoms with Gasteiger partial charge in [-0.15, -0.1) is 0 Å². The maximum atomic E-state index is 12.9. The summed E-state index contributed by atoms with van der Waals surface area (Å²) in [6, 6.07) is 12.2. The van der Waals surface area contributed by atoms with E-state index in [4.69, 9.17) is 0 Å². The van der Waals surface area contributed by atoms with Crippen LogP contribution in [0, 0.1) is 5.92 Å². The number of aromatic carboxylic acids is 1. The van der Waals surface area contributed by atoms with Gasteiger partial charge in [-0.2, -0.15) is 5.10 Å². The molecule has 0 saturated carbocycles. The molecule has 0 unspecified atom stereocenters. The smallest absolute Gasteiger partial charge is 0.335 e. The third-order valence-corrected chi connectivity index (χ3v) is 4.18. The second kappa shape index (κ2) is 7.00. The predicted octanol–water partition coefficient (Wildman–Crippen LogP) is 3.72. The van der Waals surface area contributed by atoms with Crippen LogP contribution in [0.4, 0.5) is 5.69 Å². The zero-order valence-electron chi connectivity index (χ0n) is 15.0. The topological polar surface area (TPSA) is 84.2 Å². The molecule has 0 atom stereocenters. The lowest BCUT2D eigenvalue weighted by Crippen LogP contribution is -2.18. The van der Waals surface area contributed by atoms with Crippen LogP contribution >= 0.6 is 0 Å². The summed E-state index contributed by atoms with van der Waals surface area (Å²) in [5.74, 6) is -0.924. The summed E-state index contributed by atoms with van der Waals surface area (Å²) < 4.78 is 1.56. The summed E-state index contributed by atoms with van der Waals surface area (Å²) in [5.41, 5.74) is 2.87. The van der Waals surface area contributed by atoms with Crippen LogP contribution in [-0.4, -0.2) is 26.8 Å². The molecule has 1 amide bonds. The SMILES string of the molecule is CC(C)Cc1cc(C(=O)O)ccc1NC(=O)c1c2ccccc2nn1C. The highest BCUT2D eigenvalue weighted by atomic mass is 16.4. The molecule has 134 valence electrons. The van der Waals surface area contributed by atoms with Crippen molar-refractivity contribution >= 4 is 28.5 Å². The van der Waals surface area contributed by atoms with Gasteiger partial charge < -0.3 is 10.4 Å². The van der Waals surface area contributed by atoms with Gasteiger partial charge >= 0.3 is 5.97 Å². The highest BCUT2D eigenvalue weighted by Crippen LogP contribution is 2.24. The van der Waals surface area contributed by atoms with Gasteiger partial charge in [0.1, 0.15) is 5.69 Å². The minimum atomic E-state index is -0.981. The number of benzene rings is 2. The van der Waals surface area contributed by atoms with E-state index in [1.807, 2.05) is 38.1 Å². The van der Waals surface area contributed by atoms with Crippen molar-refractivity contribution < 1.29 is 14.7 Å². The number of carbonyl (C=O) groups is 2. The van der Waals surface area contributed by atoms with Crippen molar-refractivity contribution in [1.29, 1.82) is 0 Å². The second-order valence-corrected chi connectivity index (χ2v) is 6.72. The van der Waals surface area contributed by atoms with Gasteiger partial charge in [0.15, 0.2) is 0 Å². The predicted molar refractivity (Wildman–Crippen MR) is 101 cm³/mol. The van der Waals surface area contributed by atoms with E-state index in [-0.39, 0.29) is 11.5 Å². The van der Waals surface area contributed by atoms with E-state index in [1.165, 1.54) is 6.07 Å². The molecular weight excluding hydrogens is 330 g/mol. The van der Waals surface area contributed by atoms with Gasteiger partial charge in [-0.05, 0) is 42.2 Å². The third-order valence-electron chi connectivity index (χ3n) is 4.18. The molecule has 0 aliphatic heterocycles. The summed E-state index contributed by atoms with van der Waals surface area (Å²) in [6.45, 7) is 4.10. The number of nitrogens with one attached hydrogen (secondary N) is 1. The van der Waals surface area contributed by atoms with Crippen LogP contribution in [0.15, 0.2) is 42.5 Å². The molecule has 1 aromatic heterocycles. The number of carbonyl (C=O) groups excluding carboxylic acids is 1. The van der Waals surface area contributed by atoms with Crippen LogP contribution in [0.5, 0.6) is 0 Å². The van der Waals surface area contributed by atoms with E-state index in [0.29, 0.717) is 23.7 Å². The van der Waals surface area contributed by atoms with E-state index >= 15 is 0 Å². The van der Waals surface area contributed by atoms with E-state index in [2.05, 4.69) is 10.4 Å². The Morgan fingerprint density at radius 1 is 1.19 bits per heavy atom. The highest BCUT2D eigenvalue weighted by Gasteiger charge is 2.18. The van der Waals surface area contributed by atoms with Gasteiger partial charge in [0.2, 0.25) is 0 Å². The molecule has 0 bridgehead atoms. The molecule has 6 heteroatoms. The molecule has 0 aliphatic rings. The molecule has 26 heavy (non-hydrogen) atoms. The molecule has 6 nitrogen and oxygen atoms in total. The number of amides is 1. The number of carboxylic acids is 1. The molecule has 1 heterocycles. The third kappa shape index (κ3) is 3.44. The molecule has 3 rings (SSSR count). The molecule has 0 saturated heterocycles. The fourth-order valence-corrected chi connectivity index (χ4v) is 3.06. The number of anilines is 1. The van der Waals surface area contributed by atoms with Crippen LogP contribution in [0.1, 0.15) is 40.3 Å². The molecule has 3 aromatic rings. The Labute approximate surface area is 151 Å². The number of hydrogen-bond donors (Lipinski definition) is 2. The minimum Gasteiger partial charge on any atom is -0.478 e. The van der Waals surface area contributed by atoms with E-state index in [9.17, 15) is 14.7 Å². The van der Waals surface area contributed by atoms with Crippen molar-refractivity contribution in [1.82, 2.24) is 9.78 Å². The monoisotopic (exact) mass is 351 g/mol. The number of aryl methyl sites for hydroxylation is 1. The molecule has 0 fully saturated rings. The number of rotatable bonds is 5. The van der Waals surface area contributed by atoms with Crippen molar-refractivity contribution in [2.75, 3.05) is 5.32 Å². The second-order valence-electron chi connectivity index (χ2n) is 6.72. The van der Waals surface area contributed by atoms with Gasteiger partial charge in [0.05, 0.1) is 11.1 Å². The van der Waals surface area contributed by atoms with Gasteiger partial charge in [0, 0.05) is 18.1 Å². The van der Waals surface area contributed by atoms with Gasteiger partial charge in [-0.25, -0.2) is 4.79 Å². The van der Waals surface area contributed by atoms with Gasteiger partial charge in [-0.3, -0.25) is 9.48 Å². The maximum absolute atomic E-state index is 12.9. The van der Waals surface area contributed by atoms with Crippen LogP contribution in [0.25, 0.3) is 10.9 Å². The fraction of sp³-hybridized carbons (Fsp3) is 0.250. The summed E-state index contributed by atoms with van der Waals surface area (Å²) in [6.07, 6.45) is 0.670. The summed E-state index contributed by atoms with van der Waals surface area (Å²) in [4.78, 5) is 24.1. The van der Waals surface area contributed by atoms with Crippen molar-refractivity contribution in [2.24, 2.45) is 13.0 Å². The largest absolute Gasteiger partial charge is 0.478 e. The number of hydrogen-bond acceptors (Lipinski definition) is 3. The molecule has 0 radical (unpaired) electrons. The maximum Gasteiger partial charge on any atom is 0.335 e. The van der Waals surface area contributed by atoms with Crippen molar-refractivity contribution in [3.8, 4) is 0 Å². The van der Waals surface area contributed by atoms with Gasteiger partial charge in [-0.1, -0.05) is 32.0 Å². The lowest BCUT2D eigenvalue weighted by atomic mass is 9.99. The first-order chi connectivity index (χ1) is 12.4. The van der Waals surface area contributed by atoms with Gasteiger partial charge in [0.25, 0.3) is 5.91 Å². The Morgan fingerprint density at radius 3 is 2.62 bits per heavy atom. The molecule has 2 N–H and O–H groups in total. The zero-order chi connectivity index (χ0) is 18.8. The van der Waals surface area contributed by atoms with Crippen molar-refractivity contribution in [3.05, 3.63) is 59.3 Å². The van der Waals surface area contributed by atoms with Crippen molar-refractivity contribution in [2.45, 2.75) is 20.3 Å². The minimum absolute atomic E-state index is 0.213. The first kappa shape index (κ1) is 17.7. The van der Waals surface area contributed by atoms with Crippen LogP contribution < -0.4 is 5.32 Å². The summed E-state index contributed by atoms with van der Waals surface area (Å²) >= 11 is 0. The Balaban J connectivity index is 1.98. The van der Waals surface area contributed by atoms with E-state index in [0.717, 1.165) is 16.5 Å². The average molecular weight is 351 g/mol. The summed E-state index contributed by atoms with van der Waals surface area (Å²) in [5, 5.41) is 17.3.